The summed E-state index contributed by atoms with van der Waals surface area (Å²) in [4.78, 5) is 36.1. The van der Waals surface area contributed by atoms with Crippen LogP contribution in [0.25, 0.3) is 0 Å². The van der Waals surface area contributed by atoms with Crippen LogP contribution in [0, 0.1) is 5.41 Å². The fraction of sp³-hybridized carbons (Fsp3) is 0.375. The molecule has 6 heteroatoms. The Morgan fingerprint density at radius 2 is 1.63 bits per heavy atom. The number of ketones is 1. The third-order valence-electron chi connectivity index (χ3n) is 4.94. The number of hydrogen-bond acceptors (Lipinski definition) is 5. The zero-order valence-corrected chi connectivity index (χ0v) is 17.6. The van der Waals surface area contributed by atoms with Gasteiger partial charge in [0, 0.05) is 16.7 Å². The molecule has 0 saturated heterocycles. The van der Waals surface area contributed by atoms with Gasteiger partial charge in [-0.25, -0.2) is 4.79 Å². The van der Waals surface area contributed by atoms with Gasteiger partial charge >= 0.3 is 5.97 Å². The molecule has 0 unspecified atom stereocenters. The first-order valence-corrected chi connectivity index (χ1v) is 10.1. The van der Waals surface area contributed by atoms with E-state index in [1.54, 1.807) is 24.3 Å². The molecule has 1 aliphatic carbocycles. The number of fused-ring (bicyclic) bond motifs is 1. The lowest BCUT2D eigenvalue weighted by atomic mass is 9.95. The maximum atomic E-state index is 12.2. The van der Waals surface area contributed by atoms with Crippen molar-refractivity contribution in [2.75, 3.05) is 18.5 Å². The third-order valence-corrected chi connectivity index (χ3v) is 4.94. The van der Waals surface area contributed by atoms with Crippen LogP contribution in [0.2, 0.25) is 0 Å². The summed E-state index contributed by atoms with van der Waals surface area (Å²) >= 11 is 0. The average Bonchev–Trinajstić information content (AvgIpc) is 3.18. The van der Waals surface area contributed by atoms with E-state index in [-0.39, 0.29) is 24.9 Å². The Morgan fingerprint density at radius 3 is 2.33 bits per heavy atom. The molecule has 1 amide bonds. The molecule has 1 N–H and O–H groups in total. The molecule has 0 fully saturated rings. The van der Waals surface area contributed by atoms with E-state index < -0.39 is 11.4 Å². The standard InChI is InChI=1S/C24H27NO5/c1-24(2,3)23(28)25-19-10-7-17(8-11-19)21(26)14-30-22(27)15-29-20-12-9-16-5-4-6-18(16)13-20/h7-13H,4-6,14-15H2,1-3H3,(H,25,28). The summed E-state index contributed by atoms with van der Waals surface area (Å²) in [6, 6.07) is 12.3. The zero-order valence-electron chi connectivity index (χ0n) is 17.6. The summed E-state index contributed by atoms with van der Waals surface area (Å²) in [5.41, 5.74) is 3.09. The van der Waals surface area contributed by atoms with Crippen molar-refractivity contribution in [1.82, 2.24) is 0 Å². The summed E-state index contributed by atoms with van der Waals surface area (Å²) < 4.78 is 10.5. The molecular formula is C24H27NO5. The molecule has 0 spiro atoms. The van der Waals surface area contributed by atoms with Gasteiger partial charge in [-0.15, -0.1) is 0 Å². The maximum Gasteiger partial charge on any atom is 0.344 e. The number of nitrogens with one attached hydrogen (secondary N) is 1. The van der Waals surface area contributed by atoms with Crippen molar-refractivity contribution in [3.63, 3.8) is 0 Å². The number of anilines is 1. The van der Waals surface area contributed by atoms with Gasteiger partial charge in [-0.3, -0.25) is 9.59 Å². The number of aryl methyl sites for hydroxylation is 2. The summed E-state index contributed by atoms with van der Waals surface area (Å²) in [6.07, 6.45) is 3.26. The first kappa shape index (κ1) is 21.6. The predicted octanol–water partition coefficient (Wildman–Crippen LogP) is 3.96. The number of benzene rings is 2. The Labute approximate surface area is 176 Å². The number of hydrogen-bond donors (Lipinski definition) is 1. The Morgan fingerprint density at radius 1 is 0.933 bits per heavy atom. The molecular weight excluding hydrogens is 382 g/mol. The van der Waals surface area contributed by atoms with Crippen LogP contribution in [-0.4, -0.2) is 30.9 Å². The van der Waals surface area contributed by atoms with E-state index in [1.807, 2.05) is 39.0 Å². The minimum atomic E-state index is -0.599. The molecule has 0 bridgehead atoms. The molecule has 2 aromatic rings. The highest BCUT2D eigenvalue weighted by atomic mass is 16.6. The van der Waals surface area contributed by atoms with Crippen molar-refractivity contribution >= 4 is 23.3 Å². The monoisotopic (exact) mass is 409 g/mol. The van der Waals surface area contributed by atoms with Gasteiger partial charge in [-0.1, -0.05) is 26.8 Å². The van der Waals surface area contributed by atoms with Gasteiger partial charge in [-0.2, -0.15) is 0 Å². The summed E-state index contributed by atoms with van der Waals surface area (Å²) in [7, 11) is 0. The van der Waals surface area contributed by atoms with E-state index in [2.05, 4.69) is 5.32 Å². The van der Waals surface area contributed by atoms with Crippen molar-refractivity contribution in [3.8, 4) is 5.75 Å². The highest BCUT2D eigenvalue weighted by Gasteiger charge is 2.21. The van der Waals surface area contributed by atoms with Crippen LogP contribution < -0.4 is 10.1 Å². The highest BCUT2D eigenvalue weighted by molar-refractivity contribution is 5.99. The van der Waals surface area contributed by atoms with Crippen molar-refractivity contribution in [2.24, 2.45) is 5.41 Å². The van der Waals surface area contributed by atoms with Crippen molar-refractivity contribution < 1.29 is 23.9 Å². The largest absolute Gasteiger partial charge is 0.482 e. The second-order valence-corrected chi connectivity index (χ2v) is 8.44. The fourth-order valence-corrected chi connectivity index (χ4v) is 3.11. The van der Waals surface area contributed by atoms with Crippen molar-refractivity contribution in [3.05, 3.63) is 59.2 Å². The van der Waals surface area contributed by atoms with Gasteiger partial charge in [-0.05, 0) is 66.8 Å². The van der Waals surface area contributed by atoms with E-state index in [4.69, 9.17) is 9.47 Å². The van der Waals surface area contributed by atoms with E-state index in [0.29, 0.717) is 17.0 Å². The zero-order chi connectivity index (χ0) is 21.7. The number of esters is 1. The predicted molar refractivity (Wildman–Crippen MR) is 114 cm³/mol. The lowest BCUT2D eigenvalue weighted by molar-refractivity contribution is -0.144. The van der Waals surface area contributed by atoms with Crippen LogP contribution >= 0.6 is 0 Å². The normalized spacial score (nSPS) is 12.8. The minimum Gasteiger partial charge on any atom is -0.482 e. The molecule has 3 rings (SSSR count). The lowest BCUT2D eigenvalue weighted by Gasteiger charge is -2.17. The van der Waals surface area contributed by atoms with Crippen LogP contribution in [0.4, 0.5) is 5.69 Å². The highest BCUT2D eigenvalue weighted by Crippen LogP contribution is 2.26. The Hall–Kier alpha value is -3.15. The summed E-state index contributed by atoms with van der Waals surface area (Å²) in [5.74, 6) is -0.404. The lowest BCUT2D eigenvalue weighted by Crippen LogP contribution is -2.27. The van der Waals surface area contributed by atoms with E-state index in [9.17, 15) is 14.4 Å². The van der Waals surface area contributed by atoms with Crippen LogP contribution in [0.1, 0.15) is 48.7 Å². The maximum absolute atomic E-state index is 12.2. The average molecular weight is 409 g/mol. The summed E-state index contributed by atoms with van der Waals surface area (Å²) in [6.45, 7) is 4.86. The van der Waals surface area contributed by atoms with Crippen LogP contribution in [0.3, 0.4) is 0 Å². The third kappa shape index (κ3) is 5.69. The van der Waals surface area contributed by atoms with Gasteiger partial charge in [0.15, 0.2) is 19.0 Å². The van der Waals surface area contributed by atoms with Crippen molar-refractivity contribution in [2.45, 2.75) is 40.0 Å². The quantitative estimate of drug-likeness (QED) is 0.553. The number of carbonyl (C=O) groups excluding carboxylic acids is 3. The molecule has 0 atom stereocenters. The van der Waals surface area contributed by atoms with Gasteiger partial charge in [0.2, 0.25) is 5.91 Å². The molecule has 2 aromatic carbocycles. The molecule has 0 aliphatic heterocycles. The first-order chi connectivity index (χ1) is 14.2. The number of rotatable bonds is 7. The summed E-state index contributed by atoms with van der Waals surface area (Å²) in [5, 5.41) is 2.79. The van der Waals surface area contributed by atoms with Gasteiger partial charge in [0.1, 0.15) is 5.75 Å². The number of ether oxygens (including phenoxy) is 2. The van der Waals surface area contributed by atoms with Gasteiger partial charge < -0.3 is 14.8 Å². The fourth-order valence-electron chi connectivity index (χ4n) is 3.11. The second kappa shape index (κ2) is 9.11. The molecule has 30 heavy (non-hydrogen) atoms. The SMILES string of the molecule is CC(C)(C)C(=O)Nc1ccc(C(=O)COC(=O)COc2ccc3c(c2)CCC3)cc1. The van der Waals surface area contributed by atoms with E-state index in [0.717, 1.165) is 19.3 Å². The Balaban J connectivity index is 1.44. The van der Waals surface area contributed by atoms with Gasteiger partial charge in [0.25, 0.3) is 0 Å². The van der Waals surface area contributed by atoms with E-state index >= 15 is 0 Å². The van der Waals surface area contributed by atoms with Crippen LogP contribution in [0.5, 0.6) is 5.75 Å². The molecule has 6 nitrogen and oxygen atoms in total. The van der Waals surface area contributed by atoms with Crippen LogP contribution in [0.15, 0.2) is 42.5 Å². The Bertz CT molecular complexity index is 941. The Kier molecular flexibility index (Phi) is 6.55. The van der Waals surface area contributed by atoms with Crippen molar-refractivity contribution in [1.29, 1.82) is 0 Å². The van der Waals surface area contributed by atoms with Crippen LogP contribution in [-0.2, 0) is 27.2 Å². The molecule has 0 heterocycles. The van der Waals surface area contributed by atoms with Gasteiger partial charge in [0.05, 0.1) is 0 Å². The number of carbonyl (C=O) groups is 3. The molecule has 158 valence electrons. The van der Waals surface area contributed by atoms with E-state index in [1.165, 1.54) is 11.1 Å². The molecule has 0 saturated carbocycles. The molecule has 0 aromatic heterocycles. The number of Topliss-reactive ketones (excluding diaryl/α,β-unsaturated/α-hetero) is 1. The first-order valence-electron chi connectivity index (χ1n) is 10.1. The smallest absolute Gasteiger partial charge is 0.344 e. The number of amides is 1. The second-order valence-electron chi connectivity index (χ2n) is 8.44. The molecule has 1 aliphatic rings. The molecule has 0 radical (unpaired) electrons. The topological polar surface area (TPSA) is 81.7 Å². The minimum absolute atomic E-state index is 0.112.